The molecule has 3 nitrogen and oxygen atoms in total. The van der Waals surface area contributed by atoms with Crippen molar-refractivity contribution in [1.82, 2.24) is 0 Å². The zero-order chi connectivity index (χ0) is 18.4. The summed E-state index contributed by atoms with van der Waals surface area (Å²) in [5.74, 6) is 1.18. The Morgan fingerprint density at radius 2 is 2.08 bits per heavy atom. The number of hydrogen-bond acceptors (Lipinski definition) is 3. The van der Waals surface area contributed by atoms with E-state index >= 15 is 0 Å². The molecule has 0 saturated carbocycles. The van der Waals surface area contributed by atoms with Crippen LogP contribution in [0.25, 0.3) is 0 Å². The summed E-state index contributed by atoms with van der Waals surface area (Å²) in [7, 11) is 0. The number of phenolic OH excluding ortho intramolecular Hbond substituents is 1. The van der Waals surface area contributed by atoms with E-state index < -0.39 is 6.79 Å². The van der Waals surface area contributed by atoms with Gasteiger partial charge in [-0.15, -0.1) is 0 Å². The van der Waals surface area contributed by atoms with Crippen molar-refractivity contribution >= 4 is 0 Å². The van der Waals surface area contributed by atoms with Gasteiger partial charge in [-0.2, -0.15) is 0 Å². The molecule has 1 aliphatic carbocycles. The number of aliphatic hydroxyl groups is 1. The fraction of sp³-hybridized carbons (Fsp3) is 0.545. The lowest BCUT2D eigenvalue weighted by molar-refractivity contribution is 0.0967. The van der Waals surface area contributed by atoms with Gasteiger partial charge in [0.25, 0.3) is 0 Å². The highest BCUT2D eigenvalue weighted by Crippen LogP contribution is 2.46. The third kappa shape index (κ3) is 4.88. The Morgan fingerprint density at radius 1 is 1.32 bits per heavy atom. The number of phenols is 1. The molecule has 0 aliphatic heterocycles. The topological polar surface area (TPSA) is 49.7 Å². The molecule has 1 aromatic carbocycles. The molecule has 0 spiro atoms. The number of aryl methyl sites for hydroxylation is 1. The van der Waals surface area contributed by atoms with Gasteiger partial charge in [0.2, 0.25) is 0 Å². The highest BCUT2D eigenvalue weighted by atomic mass is 16.6. The minimum Gasteiger partial charge on any atom is -0.507 e. The zero-order valence-electron chi connectivity index (χ0n) is 15.8. The molecule has 3 heteroatoms. The Labute approximate surface area is 152 Å². The first kappa shape index (κ1) is 19.6. The lowest BCUT2D eigenvalue weighted by Gasteiger charge is -2.32. The summed E-state index contributed by atoms with van der Waals surface area (Å²) in [6, 6.07) is 3.84. The summed E-state index contributed by atoms with van der Waals surface area (Å²) < 4.78 is 5.52. The van der Waals surface area contributed by atoms with Crippen LogP contribution >= 0.6 is 0 Å². The lowest BCUT2D eigenvalue weighted by atomic mass is 9.73. The molecule has 0 fully saturated rings. The second-order valence-corrected chi connectivity index (χ2v) is 7.29. The number of aliphatic hydroxyl groups excluding tert-OH is 1. The van der Waals surface area contributed by atoms with Crippen LogP contribution in [0.1, 0.15) is 69.9 Å². The Hall–Kier alpha value is -1.74. The summed E-state index contributed by atoms with van der Waals surface area (Å²) in [5.41, 5.74) is 4.28. The largest absolute Gasteiger partial charge is 0.507 e. The van der Waals surface area contributed by atoms with E-state index in [0.29, 0.717) is 5.75 Å². The van der Waals surface area contributed by atoms with E-state index in [1.807, 2.05) is 12.1 Å². The first-order valence-electron chi connectivity index (χ1n) is 9.40. The second-order valence-electron chi connectivity index (χ2n) is 7.29. The molecular formula is C22H32O3. The SMILES string of the molecule is C=C(C)C1CCC(C)=CC1c1c(O)cc(CCCCC)cc1OCO. The van der Waals surface area contributed by atoms with Crippen molar-refractivity contribution < 1.29 is 14.9 Å². The second kappa shape index (κ2) is 9.10. The van der Waals surface area contributed by atoms with Crippen molar-refractivity contribution in [2.75, 3.05) is 6.79 Å². The Kier molecular flexibility index (Phi) is 7.12. The number of ether oxygens (including phenoxy) is 1. The van der Waals surface area contributed by atoms with Crippen LogP contribution in [0.2, 0.25) is 0 Å². The van der Waals surface area contributed by atoms with Gasteiger partial charge >= 0.3 is 0 Å². The number of aromatic hydroxyl groups is 1. The minimum absolute atomic E-state index is 0.0393. The van der Waals surface area contributed by atoms with Gasteiger partial charge in [-0.3, -0.25) is 0 Å². The van der Waals surface area contributed by atoms with Crippen molar-refractivity contribution in [3.8, 4) is 11.5 Å². The maximum atomic E-state index is 10.8. The maximum Gasteiger partial charge on any atom is 0.186 e. The van der Waals surface area contributed by atoms with Crippen LogP contribution in [-0.2, 0) is 6.42 Å². The third-order valence-electron chi connectivity index (χ3n) is 5.18. The molecule has 25 heavy (non-hydrogen) atoms. The first-order valence-corrected chi connectivity index (χ1v) is 9.40. The number of rotatable bonds is 8. The highest BCUT2D eigenvalue weighted by molar-refractivity contribution is 5.52. The number of hydrogen-bond donors (Lipinski definition) is 2. The number of unbranched alkanes of at least 4 members (excludes halogenated alkanes) is 2. The van der Waals surface area contributed by atoms with E-state index in [1.54, 1.807) is 0 Å². The number of benzene rings is 1. The van der Waals surface area contributed by atoms with Crippen molar-refractivity contribution in [3.63, 3.8) is 0 Å². The molecule has 0 bridgehead atoms. The molecule has 0 heterocycles. The zero-order valence-corrected chi connectivity index (χ0v) is 15.8. The molecule has 2 rings (SSSR count). The normalized spacial score (nSPS) is 20.2. The van der Waals surface area contributed by atoms with E-state index in [4.69, 9.17) is 4.74 Å². The average molecular weight is 344 g/mol. The molecule has 1 aromatic rings. The van der Waals surface area contributed by atoms with Crippen LogP contribution in [0, 0.1) is 5.92 Å². The average Bonchev–Trinajstić information content (AvgIpc) is 2.55. The van der Waals surface area contributed by atoms with E-state index in [0.717, 1.165) is 48.8 Å². The molecule has 0 aromatic heterocycles. The van der Waals surface area contributed by atoms with E-state index in [1.165, 1.54) is 12.0 Å². The summed E-state index contributed by atoms with van der Waals surface area (Å²) in [6.07, 6.45) is 8.63. The monoisotopic (exact) mass is 344 g/mol. The highest BCUT2D eigenvalue weighted by Gasteiger charge is 2.30. The minimum atomic E-state index is -0.391. The van der Waals surface area contributed by atoms with Gasteiger partial charge in [0.15, 0.2) is 6.79 Å². The molecule has 2 unspecified atom stereocenters. The first-order chi connectivity index (χ1) is 12.0. The molecule has 138 valence electrons. The van der Waals surface area contributed by atoms with E-state index in [9.17, 15) is 10.2 Å². The Morgan fingerprint density at radius 3 is 2.72 bits per heavy atom. The third-order valence-corrected chi connectivity index (χ3v) is 5.18. The fourth-order valence-corrected chi connectivity index (χ4v) is 3.82. The predicted molar refractivity (Wildman–Crippen MR) is 103 cm³/mol. The summed E-state index contributed by atoms with van der Waals surface area (Å²) in [4.78, 5) is 0. The van der Waals surface area contributed by atoms with E-state index in [2.05, 4.69) is 33.4 Å². The quantitative estimate of drug-likeness (QED) is 0.373. The summed E-state index contributed by atoms with van der Waals surface area (Å²) >= 11 is 0. The van der Waals surface area contributed by atoms with Crippen LogP contribution in [0.15, 0.2) is 35.9 Å². The van der Waals surface area contributed by atoms with E-state index in [-0.39, 0.29) is 17.6 Å². The van der Waals surface area contributed by atoms with Crippen molar-refractivity contribution in [2.45, 2.75) is 65.2 Å². The van der Waals surface area contributed by atoms with Gasteiger partial charge in [-0.05, 0) is 63.1 Å². The van der Waals surface area contributed by atoms with Crippen molar-refractivity contribution in [1.29, 1.82) is 0 Å². The Bertz CT molecular complexity index is 630. The smallest absolute Gasteiger partial charge is 0.186 e. The van der Waals surface area contributed by atoms with Crippen LogP contribution in [0.3, 0.4) is 0 Å². The Balaban J connectivity index is 2.43. The van der Waals surface area contributed by atoms with Gasteiger partial charge in [-0.1, -0.05) is 43.6 Å². The molecule has 2 atom stereocenters. The molecular weight excluding hydrogens is 312 g/mol. The van der Waals surface area contributed by atoms with Crippen LogP contribution in [0.4, 0.5) is 0 Å². The summed E-state index contributed by atoms with van der Waals surface area (Å²) in [5, 5.41) is 20.1. The van der Waals surface area contributed by atoms with Gasteiger partial charge in [0.1, 0.15) is 11.5 Å². The molecule has 0 saturated heterocycles. The van der Waals surface area contributed by atoms with Crippen molar-refractivity contribution in [2.24, 2.45) is 5.92 Å². The molecule has 2 N–H and O–H groups in total. The van der Waals surface area contributed by atoms with Crippen LogP contribution < -0.4 is 4.74 Å². The summed E-state index contributed by atoms with van der Waals surface area (Å²) in [6.45, 7) is 10.1. The lowest BCUT2D eigenvalue weighted by Crippen LogP contribution is -2.18. The van der Waals surface area contributed by atoms with Crippen LogP contribution in [0.5, 0.6) is 11.5 Å². The predicted octanol–water partition coefficient (Wildman–Crippen LogP) is 5.47. The standard InChI is InChI=1S/C22H32O3/c1-5-6-7-8-17-12-20(24)22(21(13-17)25-14-23)19-11-16(4)9-10-18(19)15(2)3/h11-13,18-19,23-24H,2,5-10,14H2,1,3-4H3. The van der Waals surface area contributed by atoms with Crippen molar-refractivity contribution in [3.05, 3.63) is 47.1 Å². The van der Waals surface area contributed by atoms with Crippen LogP contribution in [-0.4, -0.2) is 17.0 Å². The fourth-order valence-electron chi connectivity index (χ4n) is 3.82. The number of allylic oxidation sites excluding steroid dienone is 3. The van der Waals surface area contributed by atoms with Gasteiger partial charge in [-0.25, -0.2) is 0 Å². The molecule has 1 aliphatic rings. The van der Waals surface area contributed by atoms with Gasteiger partial charge in [0.05, 0.1) is 0 Å². The molecule has 0 amide bonds. The van der Waals surface area contributed by atoms with Gasteiger partial charge < -0.3 is 14.9 Å². The van der Waals surface area contributed by atoms with Gasteiger partial charge in [0, 0.05) is 11.5 Å². The maximum absolute atomic E-state index is 10.8. The molecule has 0 radical (unpaired) electrons.